The van der Waals surface area contributed by atoms with Gasteiger partial charge in [0.2, 0.25) is 0 Å². The van der Waals surface area contributed by atoms with Crippen molar-refractivity contribution in [1.82, 2.24) is 24.5 Å². The van der Waals surface area contributed by atoms with Crippen molar-refractivity contribution in [3.8, 4) is 0 Å². The zero-order chi connectivity index (χ0) is 17.6. The van der Waals surface area contributed by atoms with E-state index in [2.05, 4.69) is 15.1 Å². The summed E-state index contributed by atoms with van der Waals surface area (Å²) in [4.78, 5) is 35.4. The van der Waals surface area contributed by atoms with Crippen LogP contribution in [0.25, 0.3) is 5.78 Å². The molecule has 0 unspecified atom stereocenters. The molecule has 2 aromatic heterocycles. The lowest BCUT2D eigenvalue weighted by atomic mass is 9.79. The molecule has 0 spiro atoms. The van der Waals surface area contributed by atoms with E-state index in [-0.39, 0.29) is 35.0 Å². The van der Waals surface area contributed by atoms with Gasteiger partial charge in [-0.25, -0.2) is 9.97 Å². The predicted octanol–water partition coefficient (Wildman–Crippen LogP) is 0.216. The standard InChI is InChI=1S/C16H21N5O4/c1-24-10-3-4-16(25-2)5-6-20(12(16)7-10)13(22)11-8-17-15-18-9-19-21(15)14(11)23/h8-10,12H,3-7H2,1-2H3,(H,17,18,19)/t10-,12-,16+/m0/s1. The number of fused-ring (bicyclic) bond motifs is 2. The van der Waals surface area contributed by atoms with Gasteiger partial charge in [0, 0.05) is 27.0 Å². The fourth-order valence-corrected chi connectivity index (χ4v) is 4.22. The van der Waals surface area contributed by atoms with Gasteiger partial charge in [-0.3, -0.25) is 14.7 Å². The molecule has 1 N–H and O–H groups in total. The number of hydrogen-bond donors (Lipinski definition) is 1. The minimum absolute atomic E-state index is 0.0354. The van der Waals surface area contributed by atoms with Crippen molar-refractivity contribution in [2.75, 3.05) is 20.8 Å². The molecular weight excluding hydrogens is 326 g/mol. The van der Waals surface area contributed by atoms with Crippen LogP contribution in [0.5, 0.6) is 0 Å². The molecule has 1 amide bonds. The molecule has 3 atom stereocenters. The minimum Gasteiger partial charge on any atom is -0.381 e. The second-order valence-electron chi connectivity index (χ2n) is 6.67. The van der Waals surface area contributed by atoms with E-state index in [1.165, 1.54) is 17.0 Å². The number of amides is 1. The van der Waals surface area contributed by atoms with E-state index in [0.717, 1.165) is 19.3 Å². The van der Waals surface area contributed by atoms with Gasteiger partial charge in [0.25, 0.3) is 17.2 Å². The third-order valence-electron chi connectivity index (χ3n) is 5.68. The molecule has 4 rings (SSSR count). The summed E-state index contributed by atoms with van der Waals surface area (Å²) in [6.07, 6.45) is 5.99. The Labute approximate surface area is 143 Å². The third-order valence-corrected chi connectivity index (χ3v) is 5.68. The van der Waals surface area contributed by atoms with Crippen LogP contribution in [-0.2, 0) is 9.47 Å². The van der Waals surface area contributed by atoms with Gasteiger partial charge in [0.1, 0.15) is 11.9 Å². The van der Waals surface area contributed by atoms with Crippen molar-refractivity contribution in [3.63, 3.8) is 0 Å². The SMILES string of the molecule is CO[C@H]1CC[C@@]2(OC)CCN(C(=O)c3cnc4nc[nH]n4c3=O)[C@H]2C1. The van der Waals surface area contributed by atoms with Crippen LogP contribution >= 0.6 is 0 Å². The number of nitrogens with one attached hydrogen (secondary N) is 1. The van der Waals surface area contributed by atoms with E-state index in [1.54, 1.807) is 19.1 Å². The highest BCUT2D eigenvalue weighted by Crippen LogP contribution is 2.43. The van der Waals surface area contributed by atoms with Gasteiger partial charge >= 0.3 is 0 Å². The first kappa shape index (κ1) is 16.2. The number of carbonyl (C=O) groups is 1. The quantitative estimate of drug-likeness (QED) is 0.852. The van der Waals surface area contributed by atoms with Crippen molar-refractivity contribution >= 4 is 11.7 Å². The summed E-state index contributed by atoms with van der Waals surface area (Å²) < 4.78 is 12.5. The van der Waals surface area contributed by atoms with Crippen LogP contribution in [0.1, 0.15) is 36.0 Å². The number of ether oxygens (including phenoxy) is 2. The maximum atomic E-state index is 13.1. The van der Waals surface area contributed by atoms with Gasteiger partial charge in [0.05, 0.1) is 17.7 Å². The van der Waals surface area contributed by atoms with Crippen molar-refractivity contribution in [2.45, 2.75) is 43.4 Å². The number of likely N-dealkylation sites (tertiary alicyclic amines) is 1. The Morgan fingerprint density at radius 1 is 1.36 bits per heavy atom. The van der Waals surface area contributed by atoms with Crippen LogP contribution < -0.4 is 5.56 Å². The second-order valence-corrected chi connectivity index (χ2v) is 6.67. The Morgan fingerprint density at radius 2 is 2.20 bits per heavy atom. The van der Waals surface area contributed by atoms with Crippen molar-refractivity contribution < 1.29 is 14.3 Å². The first-order valence-corrected chi connectivity index (χ1v) is 8.39. The van der Waals surface area contributed by atoms with Gasteiger partial charge in [-0.1, -0.05) is 0 Å². The Kier molecular flexibility index (Phi) is 3.84. The number of rotatable bonds is 3. The molecular formula is C16H21N5O4. The average Bonchev–Trinajstić information content (AvgIpc) is 3.26. The van der Waals surface area contributed by atoms with E-state index in [4.69, 9.17) is 9.47 Å². The van der Waals surface area contributed by atoms with Gasteiger partial charge in [0.15, 0.2) is 0 Å². The van der Waals surface area contributed by atoms with Crippen molar-refractivity contribution in [3.05, 3.63) is 28.4 Å². The summed E-state index contributed by atoms with van der Waals surface area (Å²) in [6, 6.07) is -0.106. The summed E-state index contributed by atoms with van der Waals surface area (Å²) in [5.41, 5.74) is -0.762. The van der Waals surface area contributed by atoms with Crippen molar-refractivity contribution in [1.29, 1.82) is 0 Å². The molecule has 1 aliphatic heterocycles. The van der Waals surface area contributed by atoms with Crippen LogP contribution in [0.2, 0.25) is 0 Å². The second kappa shape index (κ2) is 5.92. The van der Waals surface area contributed by atoms with E-state index in [1.807, 2.05) is 0 Å². The summed E-state index contributed by atoms with van der Waals surface area (Å²) in [5, 5.41) is 2.68. The molecule has 2 aromatic rings. The molecule has 0 radical (unpaired) electrons. The molecule has 2 aliphatic rings. The fourth-order valence-electron chi connectivity index (χ4n) is 4.22. The van der Waals surface area contributed by atoms with Crippen molar-refractivity contribution in [2.24, 2.45) is 0 Å². The van der Waals surface area contributed by atoms with Gasteiger partial charge in [-0.15, -0.1) is 0 Å². The molecule has 25 heavy (non-hydrogen) atoms. The number of methoxy groups -OCH3 is 2. The normalized spacial score (nSPS) is 29.1. The average molecular weight is 347 g/mol. The number of nitrogens with zero attached hydrogens (tertiary/aromatic N) is 4. The number of aromatic nitrogens is 4. The lowest BCUT2D eigenvalue weighted by molar-refractivity contribution is -0.0893. The zero-order valence-electron chi connectivity index (χ0n) is 14.3. The van der Waals surface area contributed by atoms with Crippen LogP contribution in [0, 0.1) is 0 Å². The topological polar surface area (TPSA) is 102 Å². The van der Waals surface area contributed by atoms with Crippen LogP contribution in [-0.4, -0.2) is 68.9 Å². The molecule has 9 heteroatoms. The Bertz CT molecular complexity index is 862. The summed E-state index contributed by atoms with van der Waals surface area (Å²) in [5.74, 6) is -0.0755. The van der Waals surface area contributed by atoms with E-state index in [0.29, 0.717) is 13.0 Å². The van der Waals surface area contributed by atoms with Crippen LogP contribution in [0.4, 0.5) is 0 Å². The summed E-state index contributed by atoms with van der Waals surface area (Å²) in [7, 11) is 3.38. The van der Waals surface area contributed by atoms with Crippen LogP contribution in [0.3, 0.4) is 0 Å². The molecule has 3 heterocycles. The Morgan fingerprint density at radius 3 is 2.96 bits per heavy atom. The largest absolute Gasteiger partial charge is 0.381 e. The van der Waals surface area contributed by atoms with Gasteiger partial charge in [-0.2, -0.15) is 4.52 Å². The molecule has 0 bridgehead atoms. The highest BCUT2D eigenvalue weighted by Gasteiger charge is 2.53. The lowest BCUT2D eigenvalue weighted by Gasteiger charge is -2.43. The monoisotopic (exact) mass is 347 g/mol. The number of H-pyrrole nitrogens is 1. The first-order chi connectivity index (χ1) is 12.1. The first-order valence-electron chi connectivity index (χ1n) is 8.39. The van der Waals surface area contributed by atoms with Gasteiger partial charge in [-0.05, 0) is 25.7 Å². The van der Waals surface area contributed by atoms with E-state index in [9.17, 15) is 9.59 Å². The fraction of sp³-hybridized carbons (Fsp3) is 0.625. The molecule has 9 nitrogen and oxygen atoms in total. The number of hydrogen-bond acceptors (Lipinski definition) is 6. The Balaban J connectivity index is 1.69. The lowest BCUT2D eigenvalue weighted by Crippen LogP contribution is -2.53. The third kappa shape index (κ3) is 2.37. The summed E-state index contributed by atoms with van der Waals surface area (Å²) >= 11 is 0. The molecule has 2 fully saturated rings. The molecule has 134 valence electrons. The molecule has 1 saturated heterocycles. The minimum atomic E-state index is -0.443. The molecule has 1 saturated carbocycles. The molecule has 0 aromatic carbocycles. The number of carbonyl (C=O) groups excluding carboxylic acids is 1. The Hall–Kier alpha value is -2.26. The smallest absolute Gasteiger partial charge is 0.286 e. The zero-order valence-corrected chi connectivity index (χ0v) is 14.3. The highest BCUT2D eigenvalue weighted by atomic mass is 16.5. The van der Waals surface area contributed by atoms with E-state index >= 15 is 0 Å². The highest BCUT2D eigenvalue weighted by molar-refractivity contribution is 5.94. The maximum absolute atomic E-state index is 13.1. The predicted molar refractivity (Wildman–Crippen MR) is 87.4 cm³/mol. The number of aromatic amines is 1. The maximum Gasteiger partial charge on any atom is 0.286 e. The van der Waals surface area contributed by atoms with E-state index < -0.39 is 5.56 Å². The summed E-state index contributed by atoms with van der Waals surface area (Å²) in [6.45, 7) is 0.554. The van der Waals surface area contributed by atoms with Crippen LogP contribution in [0.15, 0.2) is 17.3 Å². The van der Waals surface area contributed by atoms with Gasteiger partial charge < -0.3 is 14.4 Å². The molecule has 1 aliphatic carbocycles.